The summed E-state index contributed by atoms with van der Waals surface area (Å²) < 4.78 is 0. The van der Waals surface area contributed by atoms with Gasteiger partial charge in [-0.05, 0) is 31.6 Å². The van der Waals surface area contributed by atoms with Gasteiger partial charge in [-0.25, -0.2) is 0 Å². The summed E-state index contributed by atoms with van der Waals surface area (Å²) in [6, 6.07) is 4.38. The van der Waals surface area contributed by atoms with E-state index >= 15 is 0 Å². The van der Waals surface area contributed by atoms with Crippen LogP contribution in [0.4, 0.5) is 0 Å². The SMILES string of the molecule is CN1CC[C@@H](CO)[C@@H]1c1cccnc1. The van der Waals surface area contributed by atoms with Gasteiger partial charge in [-0.15, -0.1) is 0 Å². The number of nitrogens with zero attached hydrogens (tertiary/aromatic N) is 2. The van der Waals surface area contributed by atoms with Gasteiger partial charge >= 0.3 is 0 Å². The van der Waals surface area contributed by atoms with Crippen LogP contribution in [0, 0.1) is 5.92 Å². The van der Waals surface area contributed by atoms with Crippen LogP contribution in [0.1, 0.15) is 18.0 Å². The molecule has 2 heterocycles. The molecule has 76 valence electrons. The summed E-state index contributed by atoms with van der Waals surface area (Å²) in [6.07, 6.45) is 4.76. The van der Waals surface area contributed by atoms with Gasteiger partial charge in [-0.3, -0.25) is 9.88 Å². The Kier molecular flexibility index (Phi) is 2.79. The van der Waals surface area contributed by atoms with Gasteiger partial charge in [-0.2, -0.15) is 0 Å². The number of rotatable bonds is 2. The van der Waals surface area contributed by atoms with Gasteiger partial charge < -0.3 is 5.11 Å². The van der Waals surface area contributed by atoms with E-state index in [9.17, 15) is 5.11 Å². The van der Waals surface area contributed by atoms with Crippen LogP contribution in [0.5, 0.6) is 0 Å². The van der Waals surface area contributed by atoms with Crippen molar-refractivity contribution in [3.63, 3.8) is 0 Å². The lowest BCUT2D eigenvalue weighted by atomic mass is 9.96. The molecule has 1 saturated heterocycles. The molecule has 1 N–H and O–H groups in total. The fraction of sp³-hybridized carbons (Fsp3) is 0.545. The molecule has 1 aromatic heterocycles. The summed E-state index contributed by atoms with van der Waals surface area (Å²) in [4.78, 5) is 6.41. The summed E-state index contributed by atoms with van der Waals surface area (Å²) in [6.45, 7) is 1.33. The summed E-state index contributed by atoms with van der Waals surface area (Å²) in [5.74, 6) is 0.365. The number of aliphatic hydroxyl groups excluding tert-OH is 1. The summed E-state index contributed by atoms with van der Waals surface area (Å²) >= 11 is 0. The number of pyridine rings is 1. The van der Waals surface area contributed by atoms with Crippen molar-refractivity contribution in [2.24, 2.45) is 5.92 Å². The second kappa shape index (κ2) is 4.07. The van der Waals surface area contributed by atoms with Gasteiger partial charge in [0.1, 0.15) is 0 Å². The Labute approximate surface area is 84.4 Å². The molecule has 2 rings (SSSR count). The number of hydrogen-bond acceptors (Lipinski definition) is 3. The molecule has 14 heavy (non-hydrogen) atoms. The van der Waals surface area contributed by atoms with E-state index in [1.54, 1.807) is 6.20 Å². The highest BCUT2D eigenvalue weighted by Crippen LogP contribution is 2.34. The van der Waals surface area contributed by atoms with Crippen LogP contribution in [-0.2, 0) is 0 Å². The fourth-order valence-electron chi connectivity index (χ4n) is 2.30. The van der Waals surface area contributed by atoms with E-state index in [0.29, 0.717) is 12.0 Å². The Morgan fingerprint density at radius 2 is 2.50 bits per heavy atom. The zero-order valence-electron chi connectivity index (χ0n) is 8.43. The highest BCUT2D eigenvalue weighted by atomic mass is 16.3. The largest absolute Gasteiger partial charge is 0.396 e. The van der Waals surface area contributed by atoms with Crippen molar-refractivity contribution in [2.75, 3.05) is 20.2 Å². The second-order valence-electron chi connectivity index (χ2n) is 3.94. The molecular formula is C11H16N2O. The molecule has 0 aliphatic carbocycles. The van der Waals surface area contributed by atoms with Crippen molar-refractivity contribution in [3.8, 4) is 0 Å². The minimum Gasteiger partial charge on any atom is -0.396 e. The van der Waals surface area contributed by atoms with Gasteiger partial charge in [0.25, 0.3) is 0 Å². The molecule has 0 aromatic carbocycles. The first kappa shape index (κ1) is 9.62. The maximum absolute atomic E-state index is 9.27. The number of likely N-dealkylation sites (tertiary alicyclic amines) is 1. The Balaban J connectivity index is 2.23. The van der Waals surface area contributed by atoms with Gasteiger partial charge in [-0.1, -0.05) is 6.07 Å². The Bertz CT molecular complexity index is 289. The maximum Gasteiger partial charge on any atom is 0.0478 e. The van der Waals surface area contributed by atoms with E-state index in [2.05, 4.69) is 23.0 Å². The van der Waals surface area contributed by atoms with E-state index in [4.69, 9.17) is 0 Å². The molecule has 0 amide bonds. The van der Waals surface area contributed by atoms with Crippen LogP contribution in [-0.4, -0.2) is 35.2 Å². The third-order valence-corrected chi connectivity index (χ3v) is 3.03. The van der Waals surface area contributed by atoms with Gasteiger partial charge in [0, 0.05) is 31.0 Å². The molecular weight excluding hydrogens is 176 g/mol. The standard InChI is InChI=1S/C11H16N2O/c1-13-6-4-10(8-14)11(13)9-3-2-5-12-7-9/h2-3,5,7,10-11,14H,4,6,8H2,1H3/t10-,11-/m0/s1. The van der Waals surface area contributed by atoms with Crippen LogP contribution >= 0.6 is 0 Å². The monoisotopic (exact) mass is 192 g/mol. The van der Waals surface area contributed by atoms with E-state index in [1.807, 2.05) is 12.3 Å². The van der Waals surface area contributed by atoms with Crippen molar-refractivity contribution >= 4 is 0 Å². The van der Waals surface area contributed by atoms with E-state index < -0.39 is 0 Å². The molecule has 0 spiro atoms. The predicted molar refractivity (Wildman–Crippen MR) is 54.8 cm³/mol. The first-order valence-corrected chi connectivity index (χ1v) is 5.04. The number of aliphatic hydroxyl groups is 1. The third-order valence-electron chi connectivity index (χ3n) is 3.03. The topological polar surface area (TPSA) is 36.4 Å². The van der Waals surface area contributed by atoms with Gasteiger partial charge in [0.2, 0.25) is 0 Å². The second-order valence-corrected chi connectivity index (χ2v) is 3.94. The molecule has 0 saturated carbocycles. The highest BCUT2D eigenvalue weighted by molar-refractivity contribution is 5.16. The quantitative estimate of drug-likeness (QED) is 0.761. The molecule has 1 aromatic rings. The van der Waals surface area contributed by atoms with Crippen molar-refractivity contribution in [1.29, 1.82) is 0 Å². The van der Waals surface area contributed by atoms with Crippen LogP contribution < -0.4 is 0 Å². The molecule has 1 fully saturated rings. The molecule has 1 aliphatic rings. The van der Waals surface area contributed by atoms with Gasteiger partial charge in [0.15, 0.2) is 0 Å². The fourth-order valence-corrected chi connectivity index (χ4v) is 2.30. The van der Waals surface area contributed by atoms with Crippen LogP contribution in [0.2, 0.25) is 0 Å². The average Bonchev–Trinajstić information content (AvgIpc) is 2.61. The molecule has 2 atom stereocenters. The Hall–Kier alpha value is -0.930. The van der Waals surface area contributed by atoms with Crippen molar-refractivity contribution in [3.05, 3.63) is 30.1 Å². The molecule has 0 radical (unpaired) electrons. The smallest absolute Gasteiger partial charge is 0.0478 e. The van der Waals surface area contributed by atoms with E-state index in [0.717, 1.165) is 13.0 Å². The summed E-state index contributed by atoms with van der Waals surface area (Å²) in [7, 11) is 2.10. The molecule has 0 unspecified atom stereocenters. The van der Waals surface area contributed by atoms with Crippen molar-refractivity contribution in [2.45, 2.75) is 12.5 Å². The van der Waals surface area contributed by atoms with Crippen molar-refractivity contribution in [1.82, 2.24) is 9.88 Å². The predicted octanol–water partition coefficient (Wildman–Crippen LogP) is 1.07. The Morgan fingerprint density at radius 3 is 3.14 bits per heavy atom. The minimum atomic E-state index is 0.268. The minimum absolute atomic E-state index is 0.268. The average molecular weight is 192 g/mol. The molecule has 0 bridgehead atoms. The van der Waals surface area contributed by atoms with Crippen LogP contribution in [0.3, 0.4) is 0 Å². The zero-order valence-corrected chi connectivity index (χ0v) is 8.43. The summed E-state index contributed by atoms with van der Waals surface area (Å²) in [5.41, 5.74) is 1.21. The number of hydrogen-bond donors (Lipinski definition) is 1. The third kappa shape index (κ3) is 1.65. The maximum atomic E-state index is 9.27. The van der Waals surface area contributed by atoms with Gasteiger partial charge in [0.05, 0.1) is 0 Å². The first-order chi connectivity index (χ1) is 6.83. The lowest BCUT2D eigenvalue weighted by Gasteiger charge is -2.23. The van der Waals surface area contributed by atoms with Crippen LogP contribution in [0.25, 0.3) is 0 Å². The van der Waals surface area contributed by atoms with E-state index in [1.165, 1.54) is 5.56 Å². The molecule has 3 heteroatoms. The highest BCUT2D eigenvalue weighted by Gasteiger charge is 2.32. The molecule has 3 nitrogen and oxygen atoms in total. The first-order valence-electron chi connectivity index (χ1n) is 5.04. The summed E-state index contributed by atoms with van der Waals surface area (Å²) in [5, 5.41) is 9.27. The normalized spacial score (nSPS) is 28.1. The zero-order chi connectivity index (χ0) is 9.97. The van der Waals surface area contributed by atoms with Crippen LogP contribution in [0.15, 0.2) is 24.5 Å². The number of aromatic nitrogens is 1. The van der Waals surface area contributed by atoms with E-state index in [-0.39, 0.29) is 6.61 Å². The molecule has 1 aliphatic heterocycles. The lowest BCUT2D eigenvalue weighted by molar-refractivity contribution is 0.182. The van der Waals surface area contributed by atoms with Crippen molar-refractivity contribution < 1.29 is 5.11 Å². The lowest BCUT2D eigenvalue weighted by Crippen LogP contribution is -2.22. The Morgan fingerprint density at radius 1 is 1.64 bits per heavy atom.